The van der Waals surface area contributed by atoms with Gasteiger partial charge in [0.1, 0.15) is 6.61 Å². The van der Waals surface area contributed by atoms with E-state index in [9.17, 15) is 4.79 Å². The molecule has 0 fully saturated rings. The van der Waals surface area contributed by atoms with Crippen LogP contribution in [0.3, 0.4) is 0 Å². The van der Waals surface area contributed by atoms with E-state index in [4.69, 9.17) is 9.47 Å². The van der Waals surface area contributed by atoms with Crippen LogP contribution in [-0.4, -0.2) is 39.6 Å². The van der Waals surface area contributed by atoms with Crippen molar-refractivity contribution < 1.29 is 19.0 Å². The lowest BCUT2D eigenvalue weighted by atomic mass is 9.96. The first-order chi connectivity index (χ1) is 14.5. The Balaban J connectivity index is 1.71. The van der Waals surface area contributed by atoms with Crippen molar-refractivity contribution >= 4 is 11.9 Å². The molecule has 2 aromatic rings. The number of carbonyl (C=O) groups is 1. The summed E-state index contributed by atoms with van der Waals surface area (Å²) in [4.78, 5) is 11.5. The lowest BCUT2D eigenvalue weighted by molar-refractivity contribution is 0.0705. The van der Waals surface area contributed by atoms with Gasteiger partial charge in [0, 0.05) is 24.7 Å². The molecular formula is C24H28N2O4. The smallest absolute Gasteiger partial charge is 0.480 e. The predicted molar refractivity (Wildman–Crippen MR) is 118 cm³/mol. The van der Waals surface area contributed by atoms with Gasteiger partial charge in [0.15, 0.2) is 5.88 Å². The summed E-state index contributed by atoms with van der Waals surface area (Å²) in [6, 6.07) is 14.5. The molecule has 0 heterocycles. The second kappa shape index (κ2) is 9.87. The Bertz CT molecular complexity index is 939. The first-order valence-corrected chi connectivity index (χ1v) is 9.97. The van der Waals surface area contributed by atoms with Crippen molar-refractivity contribution in [1.82, 2.24) is 10.6 Å². The van der Waals surface area contributed by atoms with Crippen molar-refractivity contribution in [2.45, 2.75) is 12.8 Å². The number of rotatable bonds is 10. The highest BCUT2D eigenvalue weighted by Crippen LogP contribution is 2.45. The van der Waals surface area contributed by atoms with E-state index in [-0.39, 0.29) is 12.5 Å². The molecule has 2 aromatic carbocycles. The molecule has 0 saturated heterocycles. The molecule has 0 saturated carbocycles. The van der Waals surface area contributed by atoms with Gasteiger partial charge in [-0.1, -0.05) is 43.0 Å². The van der Waals surface area contributed by atoms with Crippen molar-refractivity contribution in [3.63, 3.8) is 0 Å². The number of fused-ring (bicyclic) bond motifs is 3. The van der Waals surface area contributed by atoms with Crippen LogP contribution < -0.4 is 10.6 Å². The Morgan fingerprint density at radius 3 is 2.50 bits per heavy atom. The number of methoxy groups -OCH3 is 1. The van der Waals surface area contributed by atoms with Crippen LogP contribution in [0.4, 0.5) is 4.79 Å². The van der Waals surface area contributed by atoms with Crippen LogP contribution in [0.2, 0.25) is 0 Å². The molecule has 1 unspecified atom stereocenters. The molecule has 0 amide bonds. The van der Waals surface area contributed by atoms with Crippen LogP contribution in [-0.2, 0) is 14.2 Å². The quantitative estimate of drug-likeness (QED) is 0.348. The van der Waals surface area contributed by atoms with Crippen molar-refractivity contribution in [1.29, 1.82) is 0 Å². The Kier molecular flexibility index (Phi) is 7.01. The summed E-state index contributed by atoms with van der Waals surface area (Å²) in [7, 11) is 1.31. The van der Waals surface area contributed by atoms with E-state index in [1.54, 1.807) is 0 Å². The first-order valence-electron chi connectivity index (χ1n) is 9.97. The maximum absolute atomic E-state index is 11.5. The fourth-order valence-electron chi connectivity index (χ4n) is 3.63. The third-order valence-electron chi connectivity index (χ3n) is 5.04. The zero-order valence-electron chi connectivity index (χ0n) is 17.5. The number of nitrogens with one attached hydrogen (secondary N) is 2. The van der Waals surface area contributed by atoms with Crippen molar-refractivity contribution in [3.8, 4) is 11.1 Å². The van der Waals surface area contributed by atoms with E-state index in [2.05, 4.69) is 58.9 Å². The lowest BCUT2D eigenvalue weighted by Crippen LogP contribution is -2.26. The summed E-state index contributed by atoms with van der Waals surface area (Å²) in [6.07, 6.45) is -0.677. The molecule has 158 valence electrons. The highest BCUT2D eigenvalue weighted by atomic mass is 16.7. The van der Waals surface area contributed by atoms with E-state index >= 15 is 0 Å². The van der Waals surface area contributed by atoms with Gasteiger partial charge in [-0.05, 0) is 47.4 Å². The van der Waals surface area contributed by atoms with E-state index in [1.165, 1.54) is 7.11 Å². The van der Waals surface area contributed by atoms with E-state index in [0.29, 0.717) is 25.6 Å². The van der Waals surface area contributed by atoms with Gasteiger partial charge in [0.05, 0.1) is 13.7 Å². The third kappa shape index (κ3) is 4.76. The first kappa shape index (κ1) is 21.3. The highest BCUT2D eigenvalue weighted by Gasteiger charge is 2.30. The minimum Gasteiger partial charge on any atom is -0.480 e. The molecule has 0 aliphatic heterocycles. The zero-order chi connectivity index (χ0) is 21.5. The Morgan fingerprint density at radius 1 is 1.00 bits per heavy atom. The van der Waals surface area contributed by atoms with Crippen LogP contribution in [0.25, 0.3) is 16.8 Å². The molecular weight excluding hydrogens is 380 g/mol. The molecule has 30 heavy (non-hydrogen) atoms. The predicted octanol–water partition coefficient (Wildman–Crippen LogP) is 4.24. The number of hydrogen-bond donors (Lipinski definition) is 2. The fourth-order valence-corrected chi connectivity index (χ4v) is 3.63. The second-order valence-electron chi connectivity index (χ2n) is 6.90. The van der Waals surface area contributed by atoms with Crippen molar-refractivity contribution in [2.24, 2.45) is 0 Å². The monoisotopic (exact) mass is 408 g/mol. The van der Waals surface area contributed by atoms with Crippen LogP contribution in [0.15, 0.2) is 61.5 Å². The van der Waals surface area contributed by atoms with E-state index in [1.807, 2.05) is 19.1 Å². The maximum atomic E-state index is 11.5. The van der Waals surface area contributed by atoms with Gasteiger partial charge in [-0.3, -0.25) is 0 Å². The molecule has 1 aliphatic rings. The van der Waals surface area contributed by atoms with Crippen LogP contribution in [0, 0.1) is 0 Å². The summed E-state index contributed by atoms with van der Waals surface area (Å²) < 4.78 is 15.2. The van der Waals surface area contributed by atoms with Crippen molar-refractivity contribution in [2.75, 3.05) is 33.4 Å². The van der Waals surface area contributed by atoms with Gasteiger partial charge >= 0.3 is 6.16 Å². The molecule has 0 radical (unpaired) electrons. The maximum Gasteiger partial charge on any atom is 0.508 e. The SMILES string of the molecule is C=C(NCCNC(=C)c1ccc2c(c1)C(COC(=O)OC)c1ccccc1-2)OCC. The molecule has 0 bridgehead atoms. The standard InChI is InChI=1S/C24H28N2O4/c1-5-29-17(3)26-13-12-25-16(2)18-10-11-21-19-8-6-7-9-20(19)23(22(21)14-18)15-30-24(27)28-4/h6-11,14,23,25-26H,2-3,5,12-13,15H2,1,4H3. The minimum atomic E-state index is -0.677. The van der Waals surface area contributed by atoms with Gasteiger partial charge in [0.25, 0.3) is 0 Å². The topological polar surface area (TPSA) is 68.8 Å². The van der Waals surface area contributed by atoms with Crippen LogP contribution >= 0.6 is 0 Å². The molecule has 0 spiro atoms. The largest absolute Gasteiger partial charge is 0.508 e. The zero-order valence-corrected chi connectivity index (χ0v) is 17.5. The fraction of sp³-hybridized carbons (Fsp3) is 0.292. The van der Waals surface area contributed by atoms with E-state index < -0.39 is 6.16 Å². The van der Waals surface area contributed by atoms with Gasteiger partial charge in [0.2, 0.25) is 0 Å². The number of carbonyl (C=O) groups excluding carboxylic acids is 1. The number of ether oxygens (including phenoxy) is 3. The second-order valence-corrected chi connectivity index (χ2v) is 6.90. The summed E-state index contributed by atoms with van der Waals surface area (Å²) in [5.74, 6) is 0.521. The van der Waals surface area contributed by atoms with Crippen molar-refractivity contribution in [3.05, 3.63) is 78.2 Å². The summed E-state index contributed by atoms with van der Waals surface area (Å²) in [5, 5.41) is 6.43. The Hall–Kier alpha value is -3.41. The molecule has 1 aliphatic carbocycles. The average Bonchev–Trinajstić information content (AvgIpc) is 3.08. The van der Waals surface area contributed by atoms with Gasteiger partial charge in [-0.15, -0.1) is 0 Å². The Morgan fingerprint density at radius 2 is 1.73 bits per heavy atom. The summed E-state index contributed by atoms with van der Waals surface area (Å²) in [5.41, 5.74) is 6.39. The molecule has 3 rings (SSSR count). The van der Waals surface area contributed by atoms with Gasteiger partial charge in [-0.25, -0.2) is 4.79 Å². The number of benzene rings is 2. The molecule has 6 heteroatoms. The third-order valence-corrected chi connectivity index (χ3v) is 5.04. The van der Waals surface area contributed by atoms with Gasteiger partial charge in [-0.2, -0.15) is 0 Å². The molecule has 6 nitrogen and oxygen atoms in total. The van der Waals surface area contributed by atoms with E-state index in [0.717, 1.165) is 33.5 Å². The highest BCUT2D eigenvalue weighted by molar-refractivity contribution is 5.81. The normalized spacial score (nSPS) is 13.6. The number of hydrogen-bond acceptors (Lipinski definition) is 6. The lowest BCUT2D eigenvalue weighted by Gasteiger charge is -2.16. The van der Waals surface area contributed by atoms with Crippen LogP contribution in [0.5, 0.6) is 0 Å². The average molecular weight is 408 g/mol. The molecule has 0 aromatic heterocycles. The van der Waals surface area contributed by atoms with Crippen LogP contribution in [0.1, 0.15) is 29.5 Å². The summed E-state index contributed by atoms with van der Waals surface area (Å²) in [6.45, 7) is 12.0. The van der Waals surface area contributed by atoms with Gasteiger partial charge < -0.3 is 24.8 Å². The minimum absolute atomic E-state index is 0.0424. The summed E-state index contributed by atoms with van der Waals surface area (Å²) >= 11 is 0. The molecule has 1 atom stereocenters. The Labute approximate surface area is 177 Å². The molecule has 2 N–H and O–H groups in total.